The molecule has 164 valence electrons. The third-order valence-corrected chi connectivity index (χ3v) is 5.81. The standard InChI is InChI=1S/C24H27NO6/c1-25-10-9-16-12-21-23(31-14-30-21)24(29-4)22(16)18(25)13-17(26)7-5-15-6-8-19(27-2)20(11-15)28-3/h5-8,11-12,18H,9-10,13-14H2,1-4H3/b7-5+. The molecule has 0 fully saturated rings. The van der Waals surface area contributed by atoms with Gasteiger partial charge in [-0.25, -0.2) is 0 Å². The van der Waals surface area contributed by atoms with E-state index in [1.807, 2.05) is 31.3 Å². The third kappa shape index (κ3) is 4.05. The number of benzene rings is 2. The molecule has 0 amide bonds. The minimum Gasteiger partial charge on any atom is -0.493 e. The molecule has 2 aromatic carbocycles. The number of carbonyl (C=O) groups is 1. The number of likely N-dealkylation sites (N-methyl/N-ethyl adjacent to an activating group) is 1. The quantitative estimate of drug-likeness (QED) is 0.628. The van der Waals surface area contributed by atoms with Crippen LogP contribution in [0.5, 0.6) is 28.7 Å². The first-order chi connectivity index (χ1) is 15.0. The number of allylic oxidation sites excluding steroid dienone is 1. The fourth-order valence-corrected chi connectivity index (χ4v) is 4.19. The van der Waals surface area contributed by atoms with Crippen LogP contribution in [0.4, 0.5) is 0 Å². The molecule has 0 spiro atoms. The van der Waals surface area contributed by atoms with Crippen LogP contribution in [0, 0.1) is 0 Å². The van der Waals surface area contributed by atoms with Gasteiger partial charge in [0.25, 0.3) is 0 Å². The van der Waals surface area contributed by atoms with Crippen molar-refractivity contribution in [1.29, 1.82) is 0 Å². The predicted octanol–water partition coefficient (Wildman–Crippen LogP) is 3.64. The van der Waals surface area contributed by atoms with Crippen molar-refractivity contribution < 1.29 is 28.5 Å². The van der Waals surface area contributed by atoms with Gasteiger partial charge in [0.2, 0.25) is 12.5 Å². The molecule has 7 nitrogen and oxygen atoms in total. The largest absolute Gasteiger partial charge is 0.493 e. The van der Waals surface area contributed by atoms with Crippen LogP contribution in [-0.2, 0) is 11.2 Å². The first-order valence-electron chi connectivity index (χ1n) is 10.2. The summed E-state index contributed by atoms with van der Waals surface area (Å²) in [6.45, 7) is 1.04. The molecule has 0 aromatic heterocycles. The van der Waals surface area contributed by atoms with Crippen LogP contribution < -0.4 is 23.7 Å². The van der Waals surface area contributed by atoms with Crippen molar-refractivity contribution >= 4 is 11.9 Å². The second-order valence-corrected chi connectivity index (χ2v) is 7.58. The van der Waals surface area contributed by atoms with E-state index in [1.165, 1.54) is 0 Å². The van der Waals surface area contributed by atoms with E-state index in [4.69, 9.17) is 23.7 Å². The fraction of sp³-hybridized carbons (Fsp3) is 0.375. The molecule has 2 aliphatic rings. The average molecular weight is 425 g/mol. The highest BCUT2D eigenvalue weighted by molar-refractivity contribution is 5.94. The summed E-state index contributed by atoms with van der Waals surface area (Å²) in [4.78, 5) is 15.1. The van der Waals surface area contributed by atoms with Gasteiger partial charge in [0.1, 0.15) is 0 Å². The summed E-state index contributed by atoms with van der Waals surface area (Å²) in [6.07, 6.45) is 4.61. The predicted molar refractivity (Wildman–Crippen MR) is 116 cm³/mol. The molecule has 0 bridgehead atoms. The molecule has 0 radical (unpaired) electrons. The van der Waals surface area contributed by atoms with E-state index < -0.39 is 0 Å². The number of fused-ring (bicyclic) bond motifs is 2. The van der Waals surface area contributed by atoms with Crippen molar-refractivity contribution in [2.45, 2.75) is 18.9 Å². The minimum atomic E-state index is -0.101. The second-order valence-electron chi connectivity index (χ2n) is 7.58. The molecule has 7 heteroatoms. The molecule has 1 unspecified atom stereocenters. The Morgan fingerprint density at radius 1 is 1.13 bits per heavy atom. The molecule has 1 atom stereocenters. The zero-order valence-corrected chi connectivity index (χ0v) is 18.3. The van der Waals surface area contributed by atoms with E-state index in [0.717, 1.165) is 29.7 Å². The van der Waals surface area contributed by atoms with Crippen molar-refractivity contribution in [3.8, 4) is 28.7 Å². The number of ketones is 1. The third-order valence-electron chi connectivity index (χ3n) is 5.81. The van der Waals surface area contributed by atoms with E-state index in [9.17, 15) is 4.79 Å². The number of hydrogen-bond acceptors (Lipinski definition) is 7. The Morgan fingerprint density at radius 3 is 2.68 bits per heavy atom. The van der Waals surface area contributed by atoms with Gasteiger partial charge in [-0.15, -0.1) is 0 Å². The van der Waals surface area contributed by atoms with Gasteiger partial charge in [0.15, 0.2) is 28.8 Å². The summed E-state index contributed by atoms with van der Waals surface area (Å²) < 4.78 is 27.5. The Kier molecular flexibility index (Phi) is 6.04. The molecule has 2 aromatic rings. The minimum absolute atomic E-state index is 0.0270. The normalized spacial score (nSPS) is 17.5. The van der Waals surface area contributed by atoms with E-state index in [0.29, 0.717) is 35.2 Å². The zero-order chi connectivity index (χ0) is 22.0. The molecule has 31 heavy (non-hydrogen) atoms. The van der Waals surface area contributed by atoms with Crippen molar-refractivity contribution in [1.82, 2.24) is 4.90 Å². The summed E-state index contributed by atoms with van der Waals surface area (Å²) in [5.41, 5.74) is 3.01. The average Bonchev–Trinajstić information content (AvgIpc) is 3.26. The highest BCUT2D eigenvalue weighted by Gasteiger charge is 2.34. The number of carbonyl (C=O) groups excluding carboxylic acids is 1. The van der Waals surface area contributed by atoms with Crippen LogP contribution >= 0.6 is 0 Å². The first kappa shape index (κ1) is 21.1. The molecule has 4 rings (SSSR count). The lowest BCUT2D eigenvalue weighted by Crippen LogP contribution is -2.33. The van der Waals surface area contributed by atoms with Gasteiger partial charge < -0.3 is 23.7 Å². The van der Waals surface area contributed by atoms with E-state index in [-0.39, 0.29) is 18.6 Å². The molecule has 0 saturated carbocycles. The SMILES string of the molecule is COc1ccc(/C=C/C(=O)CC2c3c(cc4c(c3OC)OCO4)CCN2C)cc1OC. The monoisotopic (exact) mass is 425 g/mol. The van der Waals surface area contributed by atoms with Crippen LogP contribution in [-0.4, -0.2) is 52.4 Å². The lowest BCUT2D eigenvalue weighted by Gasteiger charge is -2.35. The topological polar surface area (TPSA) is 66.5 Å². The maximum atomic E-state index is 12.9. The summed E-state index contributed by atoms with van der Waals surface area (Å²) in [6, 6.07) is 7.47. The lowest BCUT2D eigenvalue weighted by atomic mass is 9.88. The Morgan fingerprint density at radius 2 is 1.94 bits per heavy atom. The van der Waals surface area contributed by atoms with Gasteiger partial charge in [-0.2, -0.15) is 0 Å². The highest BCUT2D eigenvalue weighted by atomic mass is 16.7. The summed E-state index contributed by atoms with van der Waals surface area (Å²) in [5, 5.41) is 0. The lowest BCUT2D eigenvalue weighted by molar-refractivity contribution is -0.115. The summed E-state index contributed by atoms with van der Waals surface area (Å²) in [7, 11) is 6.84. The van der Waals surface area contributed by atoms with Crippen LogP contribution in [0.3, 0.4) is 0 Å². The molecule has 0 saturated heterocycles. The van der Waals surface area contributed by atoms with Crippen molar-refractivity contribution in [3.63, 3.8) is 0 Å². The number of ether oxygens (including phenoxy) is 5. The van der Waals surface area contributed by atoms with Crippen LogP contribution in [0.25, 0.3) is 6.08 Å². The smallest absolute Gasteiger partial charge is 0.231 e. The second kappa shape index (κ2) is 8.89. The molecule has 0 N–H and O–H groups in total. The summed E-state index contributed by atoms with van der Waals surface area (Å²) in [5.74, 6) is 3.29. The fourth-order valence-electron chi connectivity index (χ4n) is 4.19. The maximum absolute atomic E-state index is 12.9. The van der Waals surface area contributed by atoms with Gasteiger partial charge in [-0.05, 0) is 48.9 Å². The number of methoxy groups -OCH3 is 3. The molecular weight excluding hydrogens is 398 g/mol. The van der Waals surface area contributed by atoms with Gasteiger partial charge in [-0.1, -0.05) is 12.1 Å². The Balaban J connectivity index is 1.57. The molecular formula is C24H27NO6. The van der Waals surface area contributed by atoms with Crippen LogP contribution in [0.2, 0.25) is 0 Å². The van der Waals surface area contributed by atoms with Crippen molar-refractivity contribution in [2.75, 3.05) is 41.7 Å². The van der Waals surface area contributed by atoms with Crippen molar-refractivity contribution in [3.05, 3.63) is 47.0 Å². The van der Waals surface area contributed by atoms with Crippen LogP contribution in [0.1, 0.15) is 29.2 Å². The van der Waals surface area contributed by atoms with E-state index in [1.54, 1.807) is 33.5 Å². The number of hydrogen-bond donors (Lipinski definition) is 0. The molecule has 0 aliphatic carbocycles. The Bertz CT molecular complexity index is 1020. The van der Waals surface area contributed by atoms with E-state index in [2.05, 4.69) is 4.90 Å². The molecule has 2 aliphatic heterocycles. The van der Waals surface area contributed by atoms with Gasteiger partial charge in [-0.3, -0.25) is 9.69 Å². The first-order valence-corrected chi connectivity index (χ1v) is 10.2. The summed E-state index contributed by atoms with van der Waals surface area (Å²) >= 11 is 0. The number of rotatable bonds is 7. The molecule has 2 heterocycles. The highest BCUT2D eigenvalue weighted by Crippen LogP contribution is 2.50. The Hall–Kier alpha value is -3.19. The van der Waals surface area contributed by atoms with E-state index >= 15 is 0 Å². The number of nitrogens with zero attached hydrogens (tertiary/aromatic N) is 1. The Labute approximate surface area is 182 Å². The maximum Gasteiger partial charge on any atom is 0.231 e. The van der Waals surface area contributed by atoms with Crippen LogP contribution in [0.15, 0.2) is 30.3 Å². The zero-order valence-electron chi connectivity index (χ0n) is 18.3. The van der Waals surface area contributed by atoms with Gasteiger partial charge >= 0.3 is 0 Å². The van der Waals surface area contributed by atoms with Gasteiger partial charge in [0, 0.05) is 24.6 Å². The van der Waals surface area contributed by atoms with Crippen molar-refractivity contribution in [2.24, 2.45) is 0 Å². The van der Waals surface area contributed by atoms with Gasteiger partial charge in [0.05, 0.1) is 21.3 Å².